The number of amides is 2. The largest absolute Gasteiger partial charge is 0.352 e. The molecule has 0 spiro atoms. The van der Waals surface area contributed by atoms with Crippen molar-refractivity contribution in [1.82, 2.24) is 10.2 Å². The van der Waals surface area contributed by atoms with Gasteiger partial charge in [0.15, 0.2) is 0 Å². The second-order valence-corrected chi connectivity index (χ2v) is 11.9. The number of nitrogens with zero attached hydrogens (tertiary/aromatic N) is 2. The van der Waals surface area contributed by atoms with E-state index in [-0.39, 0.29) is 29.1 Å². The van der Waals surface area contributed by atoms with Crippen LogP contribution in [0.1, 0.15) is 38.2 Å². The van der Waals surface area contributed by atoms with Gasteiger partial charge in [0, 0.05) is 17.6 Å². The fraction of sp³-hybridized carbons (Fsp3) is 0.310. The standard InChI is InChI=1S/C29H31ClFN3O4S/c1-21(29(36)32-24-9-5-6-10-24)33(19-22-15-17-23(30)18-16-22)28(35)20-34(27-14-8-7-13-26(27)31)39(37,38)25-11-3-2-4-12-25/h2-4,7-8,11-18,21,24H,5-6,9-10,19-20H2,1H3,(H,32,36). The summed E-state index contributed by atoms with van der Waals surface area (Å²) in [5.74, 6) is -1.77. The topological polar surface area (TPSA) is 86.8 Å². The molecule has 0 aromatic heterocycles. The average molecular weight is 572 g/mol. The lowest BCUT2D eigenvalue weighted by Crippen LogP contribution is -2.52. The third kappa shape index (κ3) is 6.96. The van der Waals surface area contributed by atoms with Crippen LogP contribution in [0.3, 0.4) is 0 Å². The summed E-state index contributed by atoms with van der Waals surface area (Å²) in [4.78, 5) is 28.3. The normalized spacial score (nSPS) is 14.5. The van der Waals surface area contributed by atoms with Crippen LogP contribution in [-0.2, 0) is 26.2 Å². The van der Waals surface area contributed by atoms with E-state index in [0.717, 1.165) is 36.1 Å². The maximum atomic E-state index is 14.9. The SMILES string of the molecule is CC(C(=O)NC1CCCC1)N(Cc1ccc(Cl)cc1)C(=O)CN(c1ccccc1F)S(=O)(=O)c1ccccc1. The van der Waals surface area contributed by atoms with Crippen molar-refractivity contribution in [3.8, 4) is 0 Å². The lowest BCUT2D eigenvalue weighted by Gasteiger charge is -2.32. The minimum Gasteiger partial charge on any atom is -0.352 e. The summed E-state index contributed by atoms with van der Waals surface area (Å²) in [6, 6.07) is 18.9. The molecule has 7 nitrogen and oxygen atoms in total. The molecule has 4 rings (SSSR count). The number of sulfonamides is 1. The summed E-state index contributed by atoms with van der Waals surface area (Å²) >= 11 is 6.03. The van der Waals surface area contributed by atoms with Crippen LogP contribution in [0.5, 0.6) is 0 Å². The number of anilines is 1. The fourth-order valence-corrected chi connectivity index (χ4v) is 6.22. The van der Waals surface area contributed by atoms with E-state index >= 15 is 0 Å². The van der Waals surface area contributed by atoms with Crippen LogP contribution in [0.4, 0.5) is 10.1 Å². The Morgan fingerprint density at radius 3 is 2.23 bits per heavy atom. The second kappa shape index (κ2) is 12.6. The molecule has 0 bridgehead atoms. The van der Waals surface area contributed by atoms with Gasteiger partial charge in [-0.15, -0.1) is 0 Å². The van der Waals surface area contributed by atoms with Crippen molar-refractivity contribution in [2.75, 3.05) is 10.8 Å². The van der Waals surface area contributed by atoms with Crippen LogP contribution in [0, 0.1) is 5.82 Å². The van der Waals surface area contributed by atoms with E-state index in [2.05, 4.69) is 5.32 Å². The number of carbonyl (C=O) groups is 2. The van der Waals surface area contributed by atoms with Gasteiger partial charge in [-0.05, 0) is 61.7 Å². The van der Waals surface area contributed by atoms with Gasteiger partial charge in [-0.25, -0.2) is 12.8 Å². The molecule has 0 saturated heterocycles. The maximum absolute atomic E-state index is 14.9. The predicted molar refractivity (Wildman–Crippen MR) is 149 cm³/mol. The molecule has 206 valence electrons. The van der Waals surface area contributed by atoms with Crippen molar-refractivity contribution < 1.29 is 22.4 Å². The second-order valence-electron chi connectivity index (χ2n) is 9.59. The molecule has 1 N–H and O–H groups in total. The summed E-state index contributed by atoms with van der Waals surface area (Å²) in [6.07, 6.45) is 3.81. The molecule has 39 heavy (non-hydrogen) atoms. The van der Waals surface area contributed by atoms with Crippen LogP contribution >= 0.6 is 11.6 Å². The van der Waals surface area contributed by atoms with Gasteiger partial charge in [0.1, 0.15) is 18.4 Å². The molecule has 0 heterocycles. The first-order valence-corrected chi connectivity index (χ1v) is 14.6. The number of hydrogen-bond donors (Lipinski definition) is 1. The van der Waals surface area contributed by atoms with Gasteiger partial charge in [-0.1, -0.05) is 66.9 Å². The van der Waals surface area contributed by atoms with E-state index in [1.54, 1.807) is 49.4 Å². The van der Waals surface area contributed by atoms with Gasteiger partial charge in [-0.3, -0.25) is 13.9 Å². The Labute approximate surface area is 233 Å². The third-order valence-corrected chi connectivity index (χ3v) is 8.89. The summed E-state index contributed by atoms with van der Waals surface area (Å²) in [5.41, 5.74) is 0.445. The first-order chi connectivity index (χ1) is 18.7. The highest BCUT2D eigenvalue weighted by Crippen LogP contribution is 2.27. The number of benzene rings is 3. The van der Waals surface area contributed by atoms with Crippen molar-refractivity contribution in [3.63, 3.8) is 0 Å². The van der Waals surface area contributed by atoms with Crippen molar-refractivity contribution >= 4 is 39.1 Å². The zero-order chi connectivity index (χ0) is 28.0. The van der Waals surface area contributed by atoms with E-state index in [1.807, 2.05) is 0 Å². The lowest BCUT2D eigenvalue weighted by atomic mass is 10.1. The molecule has 1 aliphatic rings. The number of halogens is 2. The quantitative estimate of drug-likeness (QED) is 0.365. The number of nitrogens with one attached hydrogen (secondary N) is 1. The first kappa shape index (κ1) is 28.6. The van der Waals surface area contributed by atoms with Gasteiger partial charge in [-0.2, -0.15) is 0 Å². The summed E-state index contributed by atoms with van der Waals surface area (Å²) < 4.78 is 43.0. The zero-order valence-electron chi connectivity index (χ0n) is 21.6. The molecule has 2 amide bonds. The Morgan fingerprint density at radius 2 is 1.59 bits per heavy atom. The molecule has 1 saturated carbocycles. The predicted octanol–water partition coefficient (Wildman–Crippen LogP) is 5.15. The van der Waals surface area contributed by atoms with Crippen molar-refractivity contribution in [2.45, 2.75) is 56.1 Å². The Kier molecular flexibility index (Phi) is 9.24. The molecule has 1 aliphatic carbocycles. The minimum absolute atomic E-state index is 0.0335. The molecule has 1 unspecified atom stereocenters. The Bertz CT molecular complexity index is 1400. The zero-order valence-corrected chi connectivity index (χ0v) is 23.2. The molecular weight excluding hydrogens is 541 g/mol. The highest BCUT2D eigenvalue weighted by atomic mass is 35.5. The highest BCUT2D eigenvalue weighted by Gasteiger charge is 2.34. The Morgan fingerprint density at radius 1 is 0.974 bits per heavy atom. The number of hydrogen-bond acceptors (Lipinski definition) is 4. The molecule has 1 atom stereocenters. The molecule has 3 aromatic carbocycles. The van der Waals surface area contributed by atoms with E-state index in [9.17, 15) is 22.4 Å². The fourth-order valence-electron chi connectivity index (χ4n) is 4.65. The average Bonchev–Trinajstić information content (AvgIpc) is 3.45. The van der Waals surface area contributed by atoms with E-state index in [4.69, 9.17) is 11.6 Å². The molecule has 1 fully saturated rings. The van der Waals surface area contributed by atoms with Crippen LogP contribution in [-0.4, -0.2) is 43.8 Å². The molecule has 0 aliphatic heterocycles. The smallest absolute Gasteiger partial charge is 0.264 e. The van der Waals surface area contributed by atoms with E-state index in [0.29, 0.717) is 10.6 Å². The van der Waals surface area contributed by atoms with Crippen LogP contribution in [0.2, 0.25) is 5.02 Å². The lowest BCUT2D eigenvalue weighted by molar-refractivity contribution is -0.139. The van der Waals surface area contributed by atoms with Crippen LogP contribution in [0.25, 0.3) is 0 Å². The third-order valence-electron chi connectivity index (χ3n) is 6.87. The van der Waals surface area contributed by atoms with E-state index < -0.39 is 34.3 Å². The highest BCUT2D eigenvalue weighted by molar-refractivity contribution is 7.92. The molecule has 10 heteroatoms. The molecule has 0 radical (unpaired) electrons. The van der Waals surface area contributed by atoms with Crippen LogP contribution < -0.4 is 9.62 Å². The Balaban J connectivity index is 1.68. The van der Waals surface area contributed by atoms with Crippen molar-refractivity contribution in [1.29, 1.82) is 0 Å². The number of carbonyl (C=O) groups excluding carboxylic acids is 2. The Hall–Kier alpha value is -3.43. The van der Waals surface area contributed by atoms with Crippen molar-refractivity contribution in [3.05, 3.63) is 95.3 Å². The van der Waals surface area contributed by atoms with E-state index in [1.165, 1.54) is 35.2 Å². The van der Waals surface area contributed by atoms with Gasteiger partial charge >= 0.3 is 0 Å². The number of rotatable bonds is 10. The molecule has 3 aromatic rings. The van der Waals surface area contributed by atoms with Crippen LogP contribution in [0.15, 0.2) is 83.8 Å². The van der Waals surface area contributed by atoms with Gasteiger partial charge in [0.25, 0.3) is 10.0 Å². The summed E-state index contributed by atoms with van der Waals surface area (Å²) in [7, 11) is -4.32. The summed E-state index contributed by atoms with van der Waals surface area (Å²) in [5, 5.41) is 3.53. The maximum Gasteiger partial charge on any atom is 0.264 e. The first-order valence-electron chi connectivity index (χ1n) is 12.8. The summed E-state index contributed by atoms with van der Waals surface area (Å²) in [6.45, 7) is 0.940. The monoisotopic (exact) mass is 571 g/mol. The van der Waals surface area contributed by atoms with Crippen molar-refractivity contribution in [2.24, 2.45) is 0 Å². The minimum atomic E-state index is -4.32. The van der Waals surface area contributed by atoms with Gasteiger partial charge < -0.3 is 10.2 Å². The number of para-hydroxylation sites is 1. The van der Waals surface area contributed by atoms with Gasteiger partial charge in [0.2, 0.25) is 11.8 Å². The van der Waals surface area contributed by atoms with Gasteiger partial charge in [0.05, 0.1) is 10.6 Å². The molecular formula is C29H31ClFN3O4S.